The Balaban J connectivity index is 2.64. The normalized spacial score (nSPS) is 13.8. The van der Waals surface area contributed by atoms with Gasteiger partial charge in [0.05, 0.1) is 12.6 Å². The molecule has 2 atom stereocenters. The average Bonchev–Trinajstić information content (AvgIpc) is 2.36. The monoisotopic (exact) mass is 332 g/mol. The van der Waals surface area contributed by atoms with Gasteiger partial charge in [-0.05, 0) is 38.6 Å². The van der Waals surface area contributed by atoms with E-state index in [1.807, 2.05) is 0 Å². The summed E-state index contributed by atoms with van der Waals surface area (Å²) in [7, 11) is 1.58. The lowest BCUT2D eigenvalue weighted by atomic mass is 10.1. The smallest absolute Gasteiger partial charge is 0.320 e. The molecule has 7 heteroatoms. The highest BCUT2D eigenvalue weighted by molar-refractivity contribution is 6.35. The van der Waals surface area contributed by atoms with Crippen molar-refractivity contribution >= 4 is 35.1 Å². The highest BCUT2D eigenvalue weighted by atomic mass is 35.5. The van der Waals surface area contributed by atoms with Crippen LogP contribution < -0.4 is 5.32 Å². The summed E-state index contributed by atoms with van der Waals surface area (Å²) in [6.45, 7) is 3.31. The Morgan fingerprint density at radius 3 is 2.48 bits per heavy atom. The van der Waals surface area contributed by atoms with E-state index in [-0.39, 0.29) is 18.5 Å². The molecule has 116 valence electrons. The second kappa shape index (κ2) is 7.64. The lowest BCUT2D eigenvalue weighted by Gasteiger charge is -2.22. The third-order valence-corrected chi connectivity index (χ3v) is 3.78. The molecule has 0 aliphatic carbocycles. The Kier molecular flexibility index (Phi) is 6.45. The van der Waals surface area contributed by atoms with Gasteiger partial charge in [0.15, 0.2) is 0 Å². The molecule has 1 aromatic carbocycles. The minimum Gasteiger partial charge on any atom is -0.480 e. The highest BCUT2D eigenvalue weighted by Crippen LogP contribution is 2.25. The number of likely N-dealkylation sites (N-methyl/N-ethyl adjacent to an activating group) is 1. The van der Waals surface area contributed by atoms with Crippen LogP contribution in [0.3, 0.4) is 0 Å². The molecule has 21 heavy (non-hydrogen) atoms. The molecule has 0 heterocycles. The fourth-order valence-electron chi connectivity index (χ4n) is 1.77. The van der Waals surface area contributed by atoms with E-state index in [0.29, 0.717) is 10.0 Å². The molecule has 5 nitrogen and oxygen atoms in total. The van der Waals surface area contributed by atoms with Gasteiger partial charge in [0, 0.05) is 10.0 Å². The zero-order valence-corrected chi connectivity index (χ0v) is 13.6. The van der Waals surface area contributed by atoms with Crippen molar-refractivity contribution in [2.24, 2.45) is 0 Å². The van der Waals surface area contributed by atoms with Crippen LogP contribution in [0.2, 0.25) is 10.0 Å². The first kappa shape index (κ1) is 17.8. The van der Waals surface area contributed by atoms with Crippen LogP contribution in [-0.2, 0) is 9.59 Å². The van der Waals surface area contributed by atoms with Crippen LogP contribution in [-0.4, -0.2) is 41.5 Å². The van der Waals surface area contributed by atoms with Crippen molar-refractivity contribution in [1.82, 2.24) is 10.2 Å². The van der Waals surface area contributed by atoms with E-state index in [2.05, 4.69) is 5.32 Å². The van der Waals surface area contributed by atoms with E-state index in [0.717, 1.165) is 5.56 Å². The second-order valence-corrected chi connectivity index (χ2v) is 5.73. The zero-order chi connectivity index (χ0) is 16.2. The summed E-state index contributed by atoms with van der Waals surface area (Å²) < 4.78 is 0. The van der Waals surface area contributed by atoms with Crippen molar-refractivity contribution in [1.29, 1.82) is 0 Å². The number of amides is 1. The molecule has 1 amide bonds. The van der Waals surface area contributed by atoms with Gasteiger partial charge in [-0.2, -0.15) is 0 Å². The van der Waals surface area contributed by atoms with Crippen molar-refractivity contribution < 1.29 is 14.7 Å². The summed E-state index contributed by atoms with van der Waals surface area (Å²) >= 11 is 11.9. The van der Waals surface area contributed by atoms with Crippen molar-refractivity contribution in [2.75, 3.05) is 13.6 Å². The SMILES string of the molecule is CC(NC(=O)CN(C)C(C)C(=O)O)c1ccc(Cl)cc1Cl. The maximum absolute atomic E-state index is 11.9. The molecule has 0 aromatic heterocycles. The molecule has 2 N–H and O–H groups in total. The van der Waals surface area contributed by atoms with Gasteiger partial charge < -0.3 is 10.4 Å². The maximum Gasteiger partial charge on any atom is 0.320 e. The summed E-state index contributed by atoms with van der Waals surface area (Å²) in [5, 5.41) is 12.7. The first-order valence-electron chi connectivity index (χ1n) is 6.39. The fraction of sp³-hybridized carbons (Fsp3) is 0.429. The van der Waals surface area contributed by atoms with Gasteiger partial charge in [-0.3, -0.25) is 14.5 Å². The van der Waals surface area contributed by atoms with E-state index < -0.39 is 12.0 Å². The van der Waals surface area contributed by atoms with E-state index in [9.17, 15) is 9.59 Å². The first-order valence-corrected chi connectivity index (χ1v) is 7.15. The molecule has 0 bridgehead atoms. The van der Waals surface area contributed by atoms with Gasteiger partial charge in [-0.1, -0.05) is 29.3 Å². The number of carboxylic acids is 1. The summed E-state index contributed by atoms with van der Waals surface area (Å²) in [5.41, 5.74) is 0.753. The van der Waals surface area contributed by atoms with Crippen LogP contribution in [0.25, 0.3) is 0 Å². The molecular weight excluding hydrogens is 315 g/mol. The number of rotatable bonds is 6. The number of nitrogens with one attached hydrogen (secondary N) is 1. The predicted molar refractivity (Wildman–Crippen MR) is 82.7 cm³/mol. The van der Waals surface area contributed by atoms with Crippen molar-refractivity contribution in [3.05, 3.63) is 33.8 Å². The van der Waals surface area contributed by atoms with Gasteiger partial charge in [-0.25, -0.2) is 0 Å². The number of nitrogens with zero attached hydrogens (tertiary/aromatic N) is 1. The predicted octanol–water partition coefficient (Wildman–Crippen LogP) is 2.58. The number of carboxylic acid groups (broad SMARTS) is 1. The quantitative estimate of drug-likeness (QED) is 0.839. The minimum absolute atomic E-state index is 0.0109. The van der Waals surface area contributed by atoms with Crippen LogP contribution in [0.1, 0.15) is 25.5 Å². The molecule has 0 saturated carbocycles. The molecule has 0 radical (unpaired) electrons. The lowest BCUT2D eigenvalue weighted by molar-refractivity contribution is -0.142. The average molecular weight is 333 g/mol. The maximum atomic E-state index is 11.9. The number of aliphatic carboxylic acids is 1. The summed E-state index contributed by atoms with van der Waals surface area (Å²) in [6.07, 6.45) is 0. The molecule has 0 aliphatic heterocycles. The minimum atomic E-state index is -0.973. The van der Waals surface area contributed by atoms with Crippen LogP contribution >= 0.6 is 23.2 Å². The molecule has 0 aliphatic rings. The van der Waals surface area contributed by atoms with Crippen LogP contribution in [0, 0.1) is 0 Å². The van der Waals surface area contributed by atoms with Gasteiger partial charge in [0.25, 0.3) is 0 Å². The third kappa shape index (κ3) is 5.19. The van der Waals surface area contributed by atoms with Crippen LogP contribution in [0.15, 0.2) is 18.2 Å². The molecule has 0 fully saturated rings. The highest BCUT2D eigenvalue weighted by Gasteiger charge is 2.20. The number of hydrogen-bond donors (Lipinski definition) is 2. The summed E-state index contributed by atoms with van der Waals surface area (Å²) in [6, 6.07) is 4.03. The largest absolute Gasteiger partial charge is 0.480 e. The topological polar surface area (TPSA) is 69.6 Å². The zero-order valence-electron chi connectivity index (χ0n) is 12.1. The van der Waals surface area contributed by atoms with Crippen molar-refractivity contribution in [3.63, 3.8) is 0 Å². The third-order valence-electron chi connectivity index (χ3n) is 3.22. The van der Waals surface area contributed by atoms with E-state index in [4.69, 9.17) is 28.3 Å². The second-order valence-electron chi connectivity index (χ2n) is 4.88. The summed E-state index contributed by atoms with van der Waals surface area (Å²) in [4.78, 5) is 24.2. The molecule has 1 aromatic rings. The molecule has 0 spiro atoms. The Labute approximate surface area is 133 Å². The van der Waals surface area contributed by atoms with E-state index in [1.54, 1.807) is 32.2 Å². The lowest BCUT2D eigenvalue weighted by Crippen LogP contribution is -2.43. The Morgan fingerprint density at radius 2 is 1.95 bits per heavy atom. The standard InChI is InChI=1S/C14H18Cl2N2O3/c1-8(11-5-4-10(15)6-12(11)16)17-13(19)7-18(3)9(2)14(20)21/h4-6,8-9H,7H2,1-3H3,(H,17,19)(H,20,21). The van der Waals surface area contributed by atoms with Crippen LogP contribution in [0.5, 0.6) is 0 Å². The first-order chi connectivity index (χ1) is 9.72. The molecule has 1 rings (SSSR count). The van der Waals surface area contributed by atoms with E-state index in [1.165, 1.54) is 11.8 Å². The van der Waals surface area contributed by atoms with Crippen molar-refractivity contribution in [3.8, 4) is 0 Å². The number of hydrogen-bond acceptors (Lipinski definition) is 3. The number of halogens is 2. The number of carbonyl (C=O) groups excluding carboxylic acids is 1. The number of carbonyl (C=O) groups is 2. The number of benzene rings is 1. The molecular formula is C14H18Cl2N2O3. The Bertz CT molecular complexity index is 537. The van der Waals surface area contributed by atoms with E-state index >= 15 is 0 Å². The molecule has 2 unspecified atom stereocenters. The molecule has 0 saturated heterocycles. The fourth-order valence-corrected chi connectivity index (χ4v) is 2.34. The summed E-state index contributed by atoms with van der Waals surface area (Å²) in [5.74, 6) is -1.25. The van der Waals surface area contributed by atoms with Crippen molar-refractivity contribution in [2.45, 2.75) is 25.9 Å². The Hall–Kier alpha value is -1.30. The van der Waals surface area contributed by atoms with Gasteiger partial charge >= 0.3 is 5.97 Å². The Morgan fingerprint density at radius 1 is 1.33 bits per heavy atom. The van der Waals surface area contributed by atoms with Gasteiger partial charge in [-0.15, -0.1) is 0 Å². The van der Waals surface area contributed by atoms with Gasteiger partial charge in [0.1, 0.15) is 6.04 Å². The van der Waals surface area contributed by atoms with Crippen LogP contribution in [0.4, 0.5) is 0 Å². The van der Waals surface area contributed by atoms with Gasteiger partial charge in [0.2, 0.25) is 5.91 Å².